The molecule has 0 aliphatic heterocycles. The quantitative estimate of drug-likeness (QED) is 0.600. The van der Waals surface area contributed by atoms with E-state index in [1.165, 1.54) is 18.6 Å². The van der Waals surface area contributed by atoms with Crippen LogP contribution in [0.4, 0.5) is 8.78 Å². The van der Waals surface area contributed by atoms with Crippen molar-refractivity contribution in [3.63, 3.8) is 0 Å². The third kappa shape index (κ3) is 3.81. The van der Waals surface area contributed by atoms with Gasteiger partial charge >= 0.3 is 0 Å². The van der Waals surface area contributed by atoms with Crippen LogP contribution in [0, 0.1) is 28.9 Å². The highest BCUT2D eigenvalue weighted by molar-refractivity contribution is 9.09. The van der Waals surface area contributed by atoms with Gasteiger partial charge in [-0.05, 0) is 60.6 Å². The van der Waals surface area contributed by atoms with Gasteiger partial charge in [0.2, 0.25) is 0 Å². The van der Waals surface area contributed by atoms with Gasteiger partial charge in [0.15, 0.2) is 11.6 Å². The smallest absolute Gasteiger partial charge is 0.159 e. The zero-order valence-electron chi connectivity index (χ0n) is 12.4. The number of alkyl halides is 1. The Kier molecular flexibility index (Phi) is 4.88. The molecule has 1 aromatic carbocycles. The highest BCUT2D eigenvalue weighted by Crippen LogP contribution is 2.43. The Morgan fingerprint density at radius 2 is 1.85 bits per heavy atom. The third-order valence-corrected chi connectivity index (χ3v) is 5.80. The molecule has 1 fully saturated rings. The lowest BCUT2D eigenvalue weighted by molar-refractivity contribution is 0.146. The predicted octanol–water partition coefficient (Wildman–Crippen LogP) is 5.73. The van der Waals surface area contributed by atoms with E-state index in [1.807, 2.05) is 0 Å². The van der Waals surface area contributed by atoms with Gasteiger partial charge in [-0.2, -0.15) is 0 Å². The average Bonchev–Trinajstić information content (AvgIpc) is 2.35. The second-order valence-corrected chi connectivity index (χ2v) is 8.28. The van der Waals surface area contributed by atoms with E-state index in [2.05, 4.69) is 36.7 Å². The summed E-state index contributed by atoms with van der Waals surface area (Å²) in [6, 6.07) is 4.28. The summed E-state index contributed by atoms with van der Waals surface area (Å²) in [6.45, 7) is 6.88. The molecular formula is C17H23BrF2. The van der Waals surface area contributed by atoms with E-state index in [0.29, 0.717) is 22.1 Å². The topological polar surface area (TPSA) is 0 Å². The molecule has 0 aromatic heterocycles. The second kappa shape index (κ2) is 6.13. The summed E-state index contributed by atoms with van der Waals surface area (Å²) >= 11 is 3.77. The van der Waals surface area contributed by atoms with Crippen LogP contribution in [0.5, 0.6) is 0 Å². The predicted molar refractivity (Wildman–Crippen MR) is 83.1 cm³/mol. The summed E-state index contributed by atoms with van der Waals surface area (Å²) in [5.74, 6) is -0.304. The van der Waals surface area contributed by atoms with Crippen molar-refractivity contribution in [3.05, 3.63) is 35.4 Å². The van der Waals surface area contributed by atoms with Crippen LogP contribution in [0.15, 0.2) is 18.2 Å². The minimum Gasteiger partial charge on any atom is -0.204 e. The van der Waals surface area contributed by atoms with Crippen LogP contribution in [0.25, 0.3) is 0 Å². The lowest BCUT2D eigenvalue weighted by Crippen LogP contribution is -2.33. The molecule has 0 saturated heterocycles. The Labute approximate surface area is 129 Å². The highest BCUT2D eigenvalue weighted by Gasteiger charge is 2.34. The first-order valence-electron chi connectivity index (χ1n) is 7.35. The monoisotopic (exact) mass is 344 g/mol. The molecule has 0 radical (unpaired) electrons. The molecule has 0 spiro atoms. The fourth-order valence-electron chi connectivity index (χ4n) is 3.19. The van der Waals surface area contributed by atoms with Gasteiger partial charge in [-0.1, -0.05) is 42.8 Å². The molecule has 1 aliphatic rings. The number of benzene rings is 1. The van der Waals surface area contributed by atoms with Crippen molar-refractivity contribution < 1.29 is 8.78 Å². The van der Waals surface area contributed by atoms with Gasteiger partial charge in [-0.3, -0.25) is 0 Å². The van der Waals surface area contributed by atoms with Crippen LogP contribution in [-0.2, 0) is 6.42 Å². The van der Waals surface area contributed by atoms with Gasteiger partial charge in [0, 0.05) is 4.83 Å². The van der Waals surface area contributed by atoms with Crippen molar-refractivity contribution in [3.8, 4) is 0 Å². The minimum absolute atomic E-state index is 0.319. The first-order chi connectivity index (χ1) is 9.27. The van der Waals surface area contributed by atoms with Crippen LogP contribution >= 0.6 is 15.9 Å². The van der Waals surface area contributed by atoms with E-state index in [4.69, 9.17) is 0 Å². The summed E-state index contributed by atoms with van der Waals surface area (Å²) < 4.78 is 26.3. The molecule has 3 heteroatoms. The van der Waals surface area contributed by atoms with Crippen LogP contribution < -0.4 is 0 Å². The number of hydrogen-bond acceptors (Lipinski definition) is 0. The molecule has 0 bridgehead atoms. The standard InChI is InChI=1S/C17H23BrF2/c1-17(2,3)13-5-6-14(18)12(10-13)8-11-4-7-15(19)16(20)9-11/h4,7,9,12-14H,5-6,8,10H2,1-3H3. The second-order valence-electron chi connectivity index (χ2n) is 7.10. The van der Waals surface area contributed by atoms with E-state index >= 15 is 0 Å². The molecular weight excluding hydrogens is 322 g/mol. The van der Waals surface area contributed by atoms with Crippen molar-refractivity contribution in [2.75, 3.05) is 0 Å². The molecule has 1 aliphatic carbocycles. The van der Waals surface area contributed by atoms with Crippen molar-refractivity contribution in [1.82, 2.24) is 0 Å². The fourth-order valence-corrected chi connectivity index (χ4v) is 3.86. The first-order valence-corrected chi connectivity index (χ1v) is 8.27. The van der Waals surface area contributed by atoms with Crippen LogP contribution in [0.2, 0.25) is 0 Å². The Bertz CT molecular complexity index is 465. The van der Waals surface area contributed by atoms with Crippen molar-refractivity contribution in [2.24, 2.45) is 17.3 Å². The molecule has 3 atom stereocenters. The van der Waals surface area contributed by atoms with Crippen molar-refractivity contribution >= 4 is 15.9 Å². The maximum absolute atomic E-state index is 13.3. The number of halogens is 3. The van der Waals surface area contributed by atoms with E-state index in [1.54, 1.807) is 6.07 Å². The molecule has 3 unspecified atom stereocenters. The summed E-state index contributed by atoms with van der Waals surface area (Å²) in [7, 11) is 0. The van der Waals surface area contributed by atoms with Gasteiger partial charge in [0.25, 0.3) is 0 Å². The molecule has 0 heterocycles. The van der Waals surface area contributed by atoms with Gasteiger partial charge in [-0.15, -0.1) is 0 Å². The molecule has 112 valence electrons. The molecule has 0 N–H and O–H groups in total. The zero-order chi connectivity index (χ0) is 14.9. The van der Waals surface area contributed by atoms with E-state index in [9.17, 15) is 8.78 Å². The Balaban J connectivity index is 2.08. The van der Waals surface area contributed by atoms with E-state index < -0.39 is 11.6 Å². The minimum atomic E-state index is -0.764. The summed E-state index contributed by atoms with van der Waals surface area (Å²) in [4.78, 5) is 0.481. The van der Waals surface area contributed by atoms with Crippen LogP contribution in [-0.4, -0.2) is 4.83 Å². The maximum Gasteiger partial charge on any atom is 0.159 e. The number of hydrogen-bond donors (Lipinski definition) is 0. The Morgan fingerprint density at radius 3 is 2.45 bits per heavy atom. The normalized spacial score (nSPS) is 27.6. The average molecular weight is 345 g/mol. The Hall–Kier alpha value is -0.440. The molecule has 1 saturated carbocycles. The Morgan fingerprint density at radius 1 is 1.15 bits per heavy atom. The highest BCUT2D eigenvalue weighted by atomic mass is 79.9. The maximum atomic E-state index is 13.3. The van der Waals surface area contributed by atoms with Crippen LogP contribution in [0.1, 0.15) is 45.6 Å². The largest absolute Gasteiger partial charge is 0.204 e. The van der Waals surface area contributed by atoms with Crippen molar-refractivity contribution in [1.29, 1.82) is 0 Å². The van der Waals surface area contributed by atoms with E-state index in [-0.39, 0.29) is 0 Å². The van der Waals surface area contributed by atoms with Crippen molar-refractivity contribution in [2.45, 2.75) is 51.3 Å². The SMILES string of the molecule is CC(C)(C)C1CCC(Br)C(Cc2ccc(F)c(F)c2)C1. The molecule has 0 amide bonds. The fraction of sp³-hybridized carbons (Fsp3) is 0.647. The number of rotatable bonds is 2. The lowest BCUT2D eigenvalue weighted by Gasteiger charge is -2.40. The van der Waals surface area contributed by atoms with Gasteiger partial charge in [-0.25, -0.2) is 8.78 Å². The third-order valence-electron chi connectivity index (χ3n) is 4.60. The molecule has 1 aromatic rings. The lowest BCUT2D eigenvalue weighted by atomic mass is 9.68. The zero-order valence-corrected chi connectivity index (χ0v) is 14.0. The van der Waals surface area contributed by atoms with E-state index in [0.717, 1.165) is 24.8 Å². The molecule has 2 rings (SSSR count). The first kappa shape index (κ1) is 15.9. The van der Waals surface area contributed by atoms with Crippen LogP contribution in [0.3, 0.4) is 0 Å². The van der Waals surface area contributed by atoms with Gasteiger partial charge in [0.05, 0.1) is 0 Å². The summed E-state index contributed by atoms with van der Waals surface area (Å²) in [5.41, 5.74) is 1.22. The van der Waals surface area contributed by atoms with Gasteiger partial charge < -0.3 is 0 Å². The summed E-state index contributed by atoms with van der Waals surface area (Å²) in [6.07, 6.45) is 4.38. The molecule has 0 nitrogen and oxygen atoms in total. The van der Waals surface area contributed by atoms with Gasteiger partial charge in [0.1, 0.15) is 0 Å². The molecule has 20 heavy (non-hydrogen) atoms. The summed E-state index contributed by atoms with van der Waals surface area (Å²) in [5, 5.41) is 0.